The number of carboxylic acids is 1. The van der Waals surface area contributed by atoms with E-state index in [4.69, 9.17) is 14.6 Å². The van der Waals surface area contributed by atoms with E-state index in [1.807, 2.05) is 6.07 Å². The second-order valence-corrected chi connectivity index (χ2v) is 9.01. The zero-order valence-electron chi connectivity index (χ0n) is 16.5. The lowest BCUT2D eigenvalue weighted by Crippen LogP contribution is -2.69. The summed E-state index contributed by atoms with van der Waals surface area (Å²) in [5, 5.41) is 40.7. The Morgan fingerprint density at radius 1 is 1.37 bits per heavy atom. The van der Waals surface area contributed by atoms with Crippen LogP contribution in [0, 0.1) is 11.8 Å². The van der Waals surface area contributed by atoms with Crippen LogP contribution in [0.4, 0.5) is 0 Å². The standard InChI is InChI=1S/C22H24O8/c1-10-4-6-21-17-11-2-3-13(23)18(17)30-19(21)15(5-7-22(21,28)12(10)8-11)29-16(25)9-14(24)20(26)27/h2-3,5,10,12,14,19,23-24,28H,4,6-9H2,1H3,(H,26,27)/t10?,12-,14-,19-,21-,22+/m0/s1. The Kier molecular flexibility index (Phi) is 4.02. The molecule has 0 radical (unpaired) electrons. The van der Waals surface area contributed by atoms with Crippen molar-refractivity contribution < 1.29 is 39.5 Å². The van der Waals surface area contributed by atoms with Crippen LogP contribution >= 0.6 is 0 Å². The molecule has 5 rings (SSSR count). The van der Waals surface area contributed by atoms with E-state index in [-0.39, 0.29) is 23.8 Å². The summed E-state index contributed by atoms with van der Waals surface area (Å²) in [6.07, 6.45) is 0.699. The highest BCUT2D eigenvalue weighted by Gasteiger charge is 2.71. The van der Waals surface area contributed by atoms with Crippen LogP contribution in [0.15, 0.2) is 24.0 Å². The number of carbonyl (C=O) groups is 2. The van der Waals surface area contributed by atoms with Gasteiger partial charge in [-0.1, -0.05) is 13.0 Å². The number of ether oxygens (including phenoxy) is 2. The smallest absolute Gasteiger partial charge is 0.333 e. The molecule has 30 heavy (non-hydrogen) atoms. The maximum atomic E-state index is 12.3. The number of phenols is 1. The molecular formula is C22H24O8. The Hall–Kier alpha value is -2.58. The van der Waals surface area contributed by atoms with Crippen molar-refractivity contribution in [1.29, 1.82) is 0 Å². The van der Waals surface area contributed by atoms with Gasteiger partial charge in [-0.15, -0.1) is 0 Å². The molecular weight excluding hydrogens is 392 g/mol. The van der Waals surface area contributed by atoms with Crippen LogP contribution in [0.3, 0.4) is 0 Å². The first-order valence-corrected chi connectivity index (χ1v) is 10.2. The van der Waals surface area contributed by atoms with Crippen LogP contribution in [0.5, 0.6) is 11.5 Å². The number of aliphatic hydroxyl groups is 2. The molecule has 0 saturated heterocycles. The fourth-order valence-electron chi connectivity index (χ4n) is 6.23. The quantitative estimate of drug-likeness (QED) is 0.541. The summed E-state index contributed by atoms with van der Waals surface area (Å²) in [5.41, 5.74) is -0.120. The van der Waals surface area contributed by atoms with Gasteiger partial charge in [-0.2, -0.15) is 0 Å². The fourth-order valence-corrected chi connectivity index (χ4v) is 6.23. The van der Waals surface area contributed by atoms with Gasteiger partial charge in [0, 0.05) is 5.56 Å². The molecule has 1 aromatic rings. The summed E-state index contributed by atoms with van der Waals surface area (Å²) in [5.74, 6) is -1.61. The fraction of sp³-hybridized carbons (Fsp3) is 0.545. The molecule has 2 bridgehead atoms. The molecule has 1 spiro atoms. The number of benzene rings is 1. The summed E-state index contributed by atoms with van der Waals surface area (Å²) in [4.78, 5) is 23.1. The van der Waals surface area contributed by atoms with Gasteiger partial charge in [0.15, 0.2) is 23.7 Å². The van der Waals surface area contributed by atoms with E-state index in [0.29, 0.717) is 24.5 Å². The highest BCUT2D eigenvalue weighted by atomic mass is 16.6. The lowest BCUT2D eigenvalue weighted by molar-refractivity contribution is -0.172. The molecule has 1 aromatic carbocycles. The van der Waals surface area contributed by atoms with Gasteiger partial charge in [0.05, 0.1) is 17.4 Å². The number of aliphatic hydroxyl groups excluding tert-OH is 1. The Bertz CT molecular complexity index is 984. The first-order chi connectivity index (χ1) is 14.2. The molecule has 1 saturated carbocycles. The minimum Gasteiger partial charge on any atom is -0.504 e. The monoisotopic (exact) mass is 416 g/mol. The van der Waals surface area contributed by atoms with Crippen molar-refractivity contribution in [2.24, 2.45) is 11.8 Å². The largest absolute Gasteiger partial charge is 0.504 e. The molecule has 6 atom stereocenters. The number of rotatable bonds is 4. The molecule has 1 aliphatic heterocycles. The van der Waals surface area contributed by atoms with Gasteiger partial charge in [0.2, 0.25) is 0 Å². The highest BCUT2D eigenvalue weighted by molar-refractivity contribution is 5.81. The molecule has 4 aliphatic rings. The number of hydrogen-bond donors (Lipinski definition) is 4. The van der Waals surface area contributed by atoms with E-state index in [0.717, 1.165) is 17.5 Å². The van der Waals surface area contributed by atoms with Gasteiger partial charge in [0.25, 0.3) is 0 Å². The number of aliphatic carboxylic acids is 1. The number of esters is 1. The molecule has 3 aliphatic carbocycles. The van der Waals surface area contributed by atoms with Crippen LogP contribution in [0.1, 0.15) is 43.7 Å². The average Bonchev–Trinajstić information content (AvgIpc) is 3.04. The van der Waals surface area contributed by atoms with E-state index in [9.17, 15) is 24.9 Å². The van der Waals surface area contributed by atoms with Crippen molar-refractivity contribution in [3.8, 4) is 11.5 Å². The molecule has 0 aromatic heterocycles. The first kappa shape index (κ1) is 19.4. The van der Waals surface area contributed by atoms with Gasteiger partial charge in [-0.25, -0.2) is 4.79 Å². The van der Waals surface area contributed by atoms with Gasteiger partial charge in [-0.3, -0.25) is 4.79 Å². The topological polar surface area (TPSA) is 134 Å². The summed E-state index contributed by atoms with van der Waals surface area (Å²) in [7, 11) is 0. The molecule has 1 fully saturated rings. The van der Waals surface area contributed by atoms with Crippen LogP contribution in [0.25, 0.3) is 0 Å². The predicted octanol–water partition coefficient (Wildman–Crippen LogP) is 1.39. The predicted molar refractivity (Wildman–Crippen MR) is 102 cm³/mol. The van der Waals surface area contributed by atoms with Gasteiger partial charge in [0.1, 0.15) is 5.76 Å². The van der Waals surface area contributed by atoms with E-state index < -0.39 is 41.6 Å². The van der Waals surface area contributed by atoms with E-state index in [2.05, 4.69) is 6.92 Å². The Morgan fingerprint density at radius 3 is 2.87 bits per heavy atom. The summed E-state index contributed by atoms with van der Waals surface area (Å²) in [6.45, 7) is 2.14. The Labute approximate surface area is 172 Å². The van der Waals surface area contributed by atoms with Crippen molar-refractivity contribution in [2.75, 3.05) is 0 Å². The molecule has 8 heteroatoms. The average molecular weight is 416 g/mol. The zero-order valence-corrected chi connectivity index (χ0v) is 16.5. The normalized spacial score (nSPS) is 36.2. The lowest BCUT2D eigenvalue weighted by Gasteiger charge is -2.61. The number of carboxylic acid groups (broad SMARTS) is 1. The molecule has 1 unspecified atom stereocenters. The van der Waals surface area contributed by atoms with Crippen LogP contribution in [-0.4, -0.2) is 50.2 Å². The minimum absolute atomic E-state index is 0.00248. The van der Waals surface area contributed by atoms with Crippen LogP contribution in [0.2, 0.25) is 0 Å². The van der Waals surface area contributed by atoms with Crippen molar-refractivity contribution in [2.45, 2.75) is 62.3 Å². The summed E-state index contributed by atoms with van der Waals surface area (Å²) in [6, 6.07) is 3.46. The highest BCUT2D eigenvalue weighted by Crippen LogP contribution is 2.68. The third-order valence-corrected chi connectivity index (χ3v) is 7.61. The van der Waals surface area contributed by atoms with E-state index in [1.165, 1.54) is 0 Å². The summed E-state index contributed by atoms with van der Waals surface area (Å²) >= 11 is 0. The second kappa shape index (κ2) is 6.21. The first-order valence-electron chi connectivity index (χ1n) is 10.2. The summed E-state index contributed by atoms with van der Waals surface area (Å²) < 4.78 is 11.6. The van der Waals surface area contributed by atoms with E-state index in [1.54, 1.807) is 12.1 Å². The minimum atomic E-state index is -1.86. The molecule has 0 amide bonds. The molecule has 8 nitrogen and oxygen atoms in total. The Morgan fingerprint density at radius 2 is 2.13 bits per heavy atom. The van der Waals surface area contributed by atoms with E-state index >= 15 is 0 Å². The van der Waals surface area contributed by atoms with Crippen LogP contribution in [-0.2, 0) is 26.2 Å². The van der Waals surface area contributed by atoms with Crippen molar-refractivity contribution >= 4 is 11.9 Å². The number of carbonyl (C=O) groups excluding carboxylic acids is 1. The maximum absolute atomic E-state index is 12.3. The molecule has 160 valence electrons. The zero-order chi connectivity index (χ0) is 21.4. The Balaban J connectivity index is 1.58. The van der Waals surface area contributed by atoms with Crippen LogP contribution < -0.4 is 4.74 Å². The second-order valence-electron chi connectivity index (χ2n) is 9.01. The van der Waals surface area contributed by atoms with Gasteiger partial charge < -0.3 is 29.9 Å². The van der Waals surface area contributed by atoms with Gasteiger partial charge in [-0.05, 0) is 55.2 Å². The van der Waals surface area contributed by atoms with Crippen molar-refractivity contribution in [3.63, 3.8) is 0 Å². The third kappa shape index (κ3) is 2.29. The maximum Gasteiger partial charge on any atom is 0.333 e. The molecule has 4 N–H and O–H groups in total. The third-order valence-electron chi connectivity index (χ3n) is 7.61. The lowest BCUT2D eigenvalue weighted by atomic mass is 9.45. The van der Waals surface area contributed by atoms with Crippen molar-refractivity contribution in [3.05, 3.63) is 35.1 Å². The van der Waals surface area contributed by atoms with Crippen molar-refractivity contribution in [1.82, 2.24) is 0 Å². The number of hydrogen-bond acceptors (Lipinski definition) is 7. The number of phenolic OH excluding ortho intramolecular Hbond substituents is 1. The SMILES string of the molecule is CC1CC[C@]23c4c5ccc(O)c4O[C@H]2C(OC(=O)C[C@H](O)C(=O)O)=CC[C@@]3(O)[C@H]1C5. The molecule has 1 heterocycles. The van der Waals surface area contributed by atoms with Gasteiger partial charge >= 0.3 is 11.9 Å². The number of aromatic hydroxyl groups is 1.